The van der Waals surface area contributed by atoms with E-state index in [4.69, 9.17) is 0 Å². The molecule has 0 aliphatic carbocycles. The lowest BCUT2D eigenvalue weighted by Crippen LogP contribution is -2.38. The van der Waals surface area contributed by atoms with Gasteiger partial charge in [0.05, 0.1) is 12.5 Å². The molecule has 26 heavy (non-hydrogen) atoms. The van der Waals surface area contributed by atoms with Crippen LogP contribution in [0.15, 0.2) is 45.3 Å². The minimum Gasteiger partial charge on any atom is -0.315 e. The molecule has 0 unspecified atom stereocenters. The van der Waals surface area contributed by atoms with Crippen molar-refractivity contribution in [3.63, 3.8) is 0 Å². The van der Waals surface area contributed by atoms with Gasteiger partial charge in [-0.15, -0.1) is 0 Å². The van der Waals surface area contributed by atoms with Crippen molar-refractivity contribution >= 4 is 23.3 Å². The lowest BCUT2D eigenvalue weighted by Gasteiger charge is -2.06. The van der Waals surface area contributed by atoms with Gasteiger partial charge in [0.25, 0.3) is 11.5 Å². The van der Waals surface area contributed by atoms with Crippen molar-refractivity contribution in [2.75, 3.05) is 0 Å². The van der Waals surface area contributed by atoms with Gasteiger partial charge in [-0.3, -0.25) is 18.7 Å². The van der Waals surface area contributed by atoms with E-state index in [-0.39, 0.29) is 17.7 Å². The molecule has 9 nitrogen and oxygen atoms in total. The molecule has 3 aromatic rings. The third-order valence-corrected chi connectivity index (χ3v) is 4.01. The summed E-state index contributed by atoms with van der Waals surface area (Å²) in [7, 11) is 2.90. The maximum atomic E-state index is 12.3. The SMILES string of the molecule is Cc1ccc(/C=N/NC(=O)Cn2cnc3c2c(=O)n(C)c(=O)n3C)cc1. The Hall–Kier alpha value is -3.49. The Labute approximate surface area is 148 Å². The first kappa shape index (κ1) is 17.3. The fourth-order valence-corrected chi connectivity index (χ4v) is 2.54. The van der Waals surface area contributed by atoms with Crippen LogP contribution in [0.25, 0.3) is 11.2 Å². The first-order valence-electron chi connectivity index (χ1n) is 7.88. The first-order valence-corrected chi connectivity index (χ1v) is 7.88. The van der Waals surface area contributed by atoms with Crippen LogP contribution >= 0.6 is 0 Å². The van der Waals surface area contributed by atoms with Gasteiger partial charge in [0.15, 0.2) is 11.2 Å². The molecule has 0 fully saturated rings. The fourth-order valence-electron chi connectivity index (χ4n) is 2.54. The molecule has 3 rings (SSSR count). The second-order valence-electron chi connectivity index (χ2n) is 5.95. The summed E-state index contributed by atoms with van der Waals surface area (Å²) in [4.78, 5) is 40.4. The summed E-state index contributed by atoms with van der Waals surface area (Å²) >= 11 is 0. The zero-order valence-corrected chi connectivity index (χ0v) is 14.6. The second-order valence-corrected chi connectivity index (χ2v) is 5.95. The van der Waals surface area contributed by atoms with E-state index < -0.39 is 17.2 Å². The number of carbonyl (C=O) groups is 1. The highest BCUT2D eigenvalue weighted by Crippen LogP contribution is 2.05. The second kappa shape index (κ2) is 6.79. The molecule has 2 aromatic heterocycles. The number of nitrogens with zero attached hydrogens (tertiary/aromatic N) is 5. The third kappa shape index (κ3) is 3.18. The molecular weight excluding hydrogens is 336 g/mol. The monoisotopic (exact) mass is 354 g/mol. The Morgan fingerprint density at radius 2 is 1.88 bits per heavy atom. The van der Waals surface area contributed by atoms with Crippen molar-refractivity contribution < 1.29 is 4.79 Å². The van der Waals surface area contributed by atoms with Crippen molar-refractivity contribution in [3.8, 4) is 0 Å². The largest absolute Gasteiger partial charge is 0.332 e. The Morgan fingerprint density at radius 3 is 2.58 bits per heavy atom. The zero-order valence-electron chi connectivity index (χ0n) is 14.6. The molecule has 2 heterocycles. The minimum absolute atomic E-state index is 0.144. The summed E-state index contributed by atoms with van der Waals surface area (Å²) in [5, 5.41) is 3.91. The van der Waals surface area contributed by atoms with E-state index >= 15 is 0 Å². The average Bonchev–Trinajstić information content (AvgIpc) is 3.03. The van der Waals surface area contributed by atoms with Crippen LogP contribution in [0.5, 0.6) is 0 Å². The molecule has 0 aliphatic heterocycles. The van der Waals surface area contributed by atoms with Crippen molar-refractivity contribution in [1.29, 1.82) is 0 Å². The molecule has 1 aromatic carbocycles. The maximum absolute atomic E-state index is 12.3. The number of amides is 1. The summed E-state index contributed by atoms with van der Waals surface area (Å²) in [6, 6.07) is 7.67. The van der Waals surface area contributed by atoms with E-state index in [0.29, 0.717) is 0 Å². The van der Waals surface area contributed by atoms with Gasteiger partial charge in [-0.2, -0.15) is 5.10 Å². The molecule has 0 radical (unpaired) electrons. The highest BCUT2D eigenvalue weighted by atomic mass is 16.2. The molecule has 0 bridgehead atoms. The van der Waals surface area contributed by atoms with Crippen LogP contribution in [0, 0.1) is 6.92 Å². The van der Waals surface area contributed by atoms with Crippen LogP contribution in [-0.4, -0.2) is 30.8 Å². The maximum Gasteiger partial charge on any atom is 0.332 e. The first-order chi connectivity index (χ1) is 12.4. The summed E-state index contributed by atoms with van der Waals surface area (Å²) in [6.45, 7) is 1.84. The van der Waals surface area contributed by atoms with E-state index in [1.807, 2.05) is 31.2 Å². The smallest absolute Gasteiger partial charge is 0.315 e. The molecule has 1 amide bonds. The van der Waals surface area contributed by atoms with Gasteiger partial charge in [-0.25, -0.2) is 15.2 Å². The Kier molecular flexibility index (Phi) is 4.53. The van der Waals surface area contributed by atoms with Gasteiger partial charge in [0.1, 0.15) is 6.54 Å². The molecule has 9 heteroatoms. The van der Waals surface area contributed by atoms with Crippen LogP contribution in [0.4, 0.5) is 0 Å². The standard InChI is InChI=1S/C17H18N6O3/c1-11-4-6-12(7-5-11)8-19-20-13(24)9-23-10-18-15-14(23)16(25)22(3)17(26)21(15)2/h4-8,10H,9H2,1-3H3,(H,20,24)/b19-8+. The van der Waals surface area contributed by atoms with Gasteiger partial charge < -0.3 is 4.57 Å². The molecular formula is C17H18N6O3. The third-order valence-electron chi connectivity index (χ3n) is 4.01. The predicted octanol–water partition coefficient (Wildman–Crippen LogP) is -0.108. The van der Waals surface area contributed by atoms with E-state index in [2.05, 4.69) is 15.5 Å². The summed E-state index contributed by atoms with van der Waals surface area (Å²) in [5.74, 6) is -0.413. The number of benzene rings is 1. The summed E-state index contributed by atoms with van der Waals surface area (Å²) in [6.07, 6.45) is 2.89. The normalized spacial score (nSPS) is 11.3. The van der Waals surface area contributed by atoms with E-state index in [0.717, 1.165) is 15.7 Å². The number of rotatable bonds is 4. The quantitative estimate of drug-likeness (QED) is 0.522. The summed E-state index contributed by atoms with van der Waals surface area (Å²) < 4.78 is 3.64. The number of hydrogen-bond donors (Lipinski definition) is 1. The topological polar surface area (TPSA) is 103 Å². The predicted molar refractivity (Wildman–Crippen MR) is 97.1 cm³/mol. The molecule has 1 N–H and O–H groups in total. The molecule has 0 saturated heterocycles. The number of fused-ring (bicyclic) bond motifs is 1. The van der Waals surface area contributed by atoms with Gasteiger partial charge in [-0.05, 0) is 12.5 Å². The lowest BCUT2D eigenvalue weighted by atomic mass is 10.2. The lowest BCUT2D eigenvalue weighted by molar-refractivity contribution is -0.121. The molecule has 0 atom stereocenters. The minimum atomic E-state index is -0.503. The van der Waals surface area contributed by atoms with Crippen LogP contribution in [0.2, 0.25) is 0 Å². The van der Waals surface area contributed by atoms with Crippen molar-refractivity contribution in [3.05, 3.63) is 62.6 Å². The number of carbonyl (C=O) groups excluding carboxylic acids is 1. The van der Waals surface area contributed by atoms with Crippen LogP contribution in [0.1, 0.15) is 11.1 Å². The molecule has 134 valence electrons. The van der Waals surface area contributed by atoms with Gasteiger partial charge in [-0.1, -0.05) is 29.8 Å². The summed E-state index contributed by atoms with van der Waals surface area (Å²) in [5.41, 5.74) is 3.84. The van der Waals surface area contributed by atoms with Gasteiger partial charge >= 0.3 is 5.69 Å². The van der Waals surface area contributed by atoms with Gasteiger partial charge in [0.2, 0.25) is 0 Å². The number of nitrogens with one attached hydrogen (secondary N) is 1. The van der Waals surface area contributed by atoms with Crippen molar-refractivity contribution in [1.82, 2.24) is 24.1 Å². The number of aryl methyl sites for hydroxylation is 2. The van der Waals surface area contributed by atoms with Crippen LogP contribution in [0.3, 0.4) is 0 Å². The number of imidazole rings is 1. The Morgan fingerprint density at radius 1 is 1.19 bits per heavy atom. The van der Waals surface area contributed by atoms with Crippen molar-refractivity contribution in [2.45, 2.75) is 13.5 Å². The van der Waals surface area contributed by atoms with E-state index in [1.54, 1.807) is 0 Å². The molecule has 0 spiro atoms. The zero-order chi connectivity index (χ0) is 18.8. The molecule has 0 saturated carbocycles. The van der Waals surface area contributed by atoms with Crippen LogP contribution < -0.4 is 16.7 Å². The average molecular weight is 354 g/mol. The number of aromatic nitrogens is 4. The molecule has 0 aliphatic rings. The van der Waals surface area contributed by atoms with Crippen LogP contribution in [-0.2, 0) is 25.4 Å². The van der Waals surface area contributed by atoms with E-state index in [1.165, 1.54) is 35.8 Å². The number of hydrazone groups is 1. The fraction of sp³-hybridized carbons (Fsp3) is 0.235. The Bertz CT molecular complexity index is 1120. The highest BCUT2D eigenvalue weighted by molar-refractivity contribution is 5.83. The van der Waals surface area contributed by atoms with E-state index in [9.17, 15) is 14.4 Å². The van der Waals surface area contributed by atoms with Crippen molar-refractivity contribution in [2.24, 2.45) is 19.2 Å². The Balaban J connectivity index is 1.79. The number of hydrogen-bond acceptors (Lipinski definition) is 5. The van der Waals surface area contributed by atoms with Gasteiger partial charge in [0, 0.05) is 14.1 Å². The highest BCUT2D eigenvalue weighted by Gasteiger charge is 2.15.